The highest BCUT2D eigenvalue weighted by Crippen LogP contribution is 2.53. The van der Waals surface area contributed by atoms with Crippen LogP contribution in [-0.4, -0.2) is 30.8 Å². The number of ether oxygens (including phenoxy) is 2. The first kappa shape index (κ1) is 11.7. The molecular formula is C12H15NO4. The molecule has 5 heteroatoms. The number of methoxy groups -OCH3 is 2. The predicted molar refractivity (Wildman–Crippen MR) is 61.5 cm³/mol. The Kier molecular flexibility index (Phi) is 2.71. The molecule has 92 valence electrons. The van der Waals surface area contributed by atoms with Gasteiger partial charge >= 0.3 is 5.97 Å². The molecule has 5 nitrogen and oxygen atoms in total. The van der Waals surface area contributed by atoms with E-state index in [4.69, 9.17) is 20.3 Å². The highest BCUT2D eigenvalue weighted by molar-refractivity contribution is 5.85. The second-order valence-electron chi connectivity index (χ2n) is 4.18. The van der Waals surface area contributed by atoms with Crippen molar-refractivity contribution in [1.82, 2.24) is 0 Å². The van der Waals surface area contributed by atoms with Crippen LogP contribution in [0.5, 0.6) is 11.5 Å². The van der Waals surface area contributed by atoms with Crippen molar-refractivity contribution in [2.24, 2.45) is 5.73 Å². The second-order valence-corrected chi connectivity index (χ2v) is 4.18. The van der Waals surface area contributed by atoms with Crippen molar-refractivity contribution in [3.8, 4) is 11.5 Å². The summed E-state index contributed by atoms with van der Waals surface area (Å²) in [4.78, 5) is 11.0. The molecule has 0 amide bonds. The summed E-state index contributed by atoms with van der Waals surface area (Å²) in [5.41, 5.74) is 5.41. The van der Waals surface area contributed by atoms with Crippen molar-refractivity contribution in [2.75, 3.05) is 14.2 Å². The topological polar surface area (TPSA) is 81.8 Å². The van der Waals surface area contributed by atoms with Gasteiger partial charge in [0.05, 0.1) is 14.2 Å². The molecule has 1 fully saturated rings. The van der Waals surface area contributed by atoms with Crippen LogP contribution in [0.1, 0.15) is 17.9 Å². The van der Waals surface area contributed by atoms with E-state index < -0.39 is 11.5 Å². The molecule has 2 atom stereocenters. The highest BCUT2D eigenvalue weighted by atomic mass is 16.5. The van der Waals surface area contributed by atoms with Crippen LogP contribution in [0.4, 0.5) is 0 Å². The van der Waals surface area contributed by atoms with E-state index in [1.54, 1.807) is 19.2 Å². The maximum Gasteiger partial charge on any atom is 0.324 e. The smallest absolute Gasteiger partial charge is 0.324 e. The fourth-order valence-corrected chi connectivity index (χ4v) is 2.09. The van der Waals surface area contributed by atoms with Gasteiger partial charge in [-0.05, 0) is 12.5 Å². The Morgan fingerprint density at radius 2 is 2.18 bits per heavy atom. The van der Waals surface area contributed by atoms with E-state index in [0.717, 1.165) is 5.56 Å². The number of aliphatic carboxylic acids is 1. The van der Waals surface area contributed by atoms with Gasteiger partial charge in [0, 0.05) is 11.5 Å². The summed E-state index contributed by atoms with van der Waals surface area (Å²) in [5.74, 6) is -0.0457. The number of hydrogen-bond donors (Lipinski definition) is 2. The summed E-state index contributed by atoms with van der Waals surface area (Å²) in [7, 11) is 3.07. The van der Waals surface area contributed by atoms with Gasteiger partial charge in [0.15, 0.2) is 11.5 Å². The molecule has 1 aromatic carbocycles. The average Bonchev–Trinajstić information content (AvgIpc) is 3.02. The quantitative estimate of drug-likeness (QED) is 0.815. The number of carboxylic acids is 1. The van der Waals surface area contributed by atoms with Crippen LogP contribution in [0.2, 0.25) is 0 Å². The number of para-hydroxylation sites is 1. The van der Waals surface area contributed by atoms with Gasteiger partial charge in [0.1, 0.15) is 5.54 Å². The third-order valence-electron chi connectivity index (χ3n) is 3.21. The zero-order valence-electron chi connectivity index (χ0n) is 9.77. The molecule has 0 spiro atoms. The molecule has 1 aliphatic rings. The molecule has 0 aromatic heterocycles. The Bertz CT molecular complexity index is 460. The molecular weight excluding hydrogens is 222 g/mol. The molecule has 1 aromatic rings. The molecule has 2 rings (SSSR count). The molecule has 0 unspecified atom stereocenters. The summed E-state index contributed by atoms with van der Waals surface area (Å²) in [5, 5.41) is 9.04. The van der Waals surface area contributed by atoms with Crippen LogP contribution >= 0.6 is 0 Å². The third kappa shape index (κ3) is 1.72. The summed E-state index contributed by atoms with van der Waals surface area (Å²) in [6.07, 6.45) is 0.422. The van der Waals surface area contributed by atoms with Crippen LogP contribution in [0.3, 0.4) is 0 Å². The van der Waals surface area contributed by atoms with Crippen molar-refractivity contribution in [2.45, 2.75) is 17.9 Å². The molecule has 3 N–H and O–H groups in total. The van der Waals surface area contributed by atoms with E-state index >= 15 is 0 Å². The van der Waals surface area contributed by atoms with E-state index in [2.05, 4.69) is 0 Å². The molecule has 0 heterocycles. The number of carbonyl (C=O) groups is 1. The number of benzene rings is 1. The van der Waals surface area contributed by atoms with Crippen molar-refractivity contribution >= 4 is 5.97 Å². The Balaban J connectivity index is 2.38. The minimum atomic E-state index is -1.17. The first-order chi connectivity index (χ1) is 8.04. The Morgan fingerprint density at radius 1 is 1.47 bits per heavy atom. The lowest BCUT2D eigenvalue weighted by molar-refractivity contribution is -0.139. The number of rotatable bonds is 4. The molecule has 17 heavy (non-hydrogen) atoms. The Morgan fingerprint density at radius 3 is 2.65 bits per heavy atom. The second kappa shape index (κ2) is 3.92. The van der Waals surface area contributed by atoms with Gasteiger partial charge in [0.2, 0.25) is 0 Å². The molecule has 1 saturated carbocycles. The maximum absolute atomic E-state index is 11.0. The largest absolute Gasteiger partial charge is 0.493 e. The summed E-state index contributed by atoms with van der Waals surface area (Å²) in [6.45, 7) is 0. The Hall–Kier alpha value is -1.75. The maximum atomic E-state index is 11.0. The van der Waals surface area contributed by atoms with Gasteiger partial charge < -0.3 is 20.3 Å². The predicted octanol–water partition coefficient (Wildman–Crippen LogP) is 0.973. The standard InChI is InChI=1S/C12H15NO4/c1-16-9-5-3-4-7(10(9)17-2)8-6-12(8,13)11(14)15/h3-5,8H,6,13H2,1-2H3,(H,14,15)/t8-,12+/m0/s1. The third-order valence-corrected chi connectivity index (χ3v) is 3.21. The normalized spacial score (nSPS) is 26.4. The Labute approximate surface area is 99.1 Å². The summed E-state index contributed by atoms with van der Waals surface area (Å²) < 4.78 is 10.4. The van der Waals surface area contributed by atoms with E-state index in [0.29, 0.717) is 17.9 Å². The van der Waals surface area contributed by atoms with Gasteiger partial charge in [-0.1, -0.05) is 12.1 Å². The van der Waals surface area contributed by atoms with E-state index in [1.165, 1.54) is 7.11 Å². The van der Waals surface area contributed by atoms with Crippen LogP contribution in [-0.2, 0) is 4.79 Å². The molecule has 0 radical (unpaired) electrons. The number of hydrogen-bond acceptors (Lipinski definition) is 4. The van der Waals surface area contributed by atoms with Crippen molar-refractivity contribution in [3.05, 3.63) is 23.8 Å². The highest BCUT2D eigenvalue weighted by Gasteiger charge is 2.59. The lowest BCUT2D eigenvalue weighted by Gasteiger charge is -2.13. The van der Waals surface area contributed by atoms with Crippen molar-refractivity contribution in [3.63, 3.8) is 0 Å². The van der Waals surface area contributed by atoms with Crippen LogP contribution < -0.4 is 15.2 Å². The fraction of sp³-hybridized carbons (Fsp3) is 0.417. The first-order valence-electron chi connectivity index (χ1n) is 5.27. The molecule has 1 aliphatic carbocycles. The first-order valence-corrected chi connectivity index (χ1v) is 5.27. The van der Waals surface area contributed by atoms with Gasteiger partial charge in [0.25, 0.3) is 0 Å². The van der Waals surface area contributed by atoms with Gasteiger partial charge in [-0.25, -0.2) is 0 Å². The zero-order valence-corrected chi connectivity index (χ0v) is 9.77. The van der Waals surface area contributed by atoms with Gasteiger partial charge in [-0.3, -0.25) is 4.79 Å². The van der Waals surface area contributed by atoms with Crippen molar-refractivity contribution < 1.29 is 19.4 Å². The minimum Gasteiger partial charge on any atom is -0.493 e. The lowest BCUT2D eigenvalue weighted by Crippen LogP contribution is -2.34. The SMILES string of the molecule is COc1cccc([C@@H]2C[C@]2(N)C(=O)O)c1OC. The number of nitrogens with two attached hydrogens (primary N) is 1. The lowest BCUT2D eigenvalue weighted by atomic mass is 10.0. The number of carboxylic acid groups (broad SMARTS) is 1. The van der Waals surface area contributed by atoms with Crippen LogP contribution in [0.15, 0.2) is 18.2 Å². The van der Waals surface area contributed by atoms with Crippen molar-refractivity contribution in [1.29, 1.82) is 0 Å². The van der Waals surface area contributed by atoms with Crippen LogP contribution in [0.25, 0.3) is 0 Å². The van der Waals surface area contributed by atoms with E-state index in [-0.39, 0.29) is 5.92 Å². The monoisotopic (exact) mass is 237 g/mol. The fourth-order valence-electron chi connectivity index (χ4n) is 2.09. The molecule has 0 aliphatic heterocycles. The van der Waals surface area contributed by atoms with E-state index in [1.807, 2.05) is 6.07 Å². The summed E-state index contributed by atoms with van der Waals surface area (Å²) >= 11 is 0. The van der Waals surface area contributed by atoms with Gasteiger partial charge in [-0.15, -0.1) is 0 Å². The van der Waals surface area contributed by atoms with E-state index in [9.17, 15) is 4.79 Å². The van der Waals surface area contributed by atoms with Gasteiger partial charge in [-0.2, -0.15) is 0 Å². The van der Waals surface area contributed by atoms with Crippen LogP contribution in [0, 0.1) is 0 Å². The molecule has 0 saturated heterocycles. The minimum absolute atomic E-state index is 0.218. The average molecular weight is 237 g/mol. The molecule has 0 bridgehead atoms. The zero-order chi connectivity index (χ0) is 12.6. The summed E-state index contributed by atoms with van der Waals surface area (Å²) in [6, 6.07) is 5.39.